The zero-order valence-electron chi connectivity index (χ0n) is 9.97. The molecule has 18 heavy (non-hydrogen) atoms. The summed E-state index contributed by atoms with van der Waals surface area (Å²) in [5, 5.41) is 11.7. The van der Waals surface area contributed by atoms with Gasteiger partial charge in [0.1, 0.15) is 6.07 Å². The van der Waals surface area contributed by atoms with Crippen LogP contribution in [-0.2, 0) is 0 Å². The van der Waals surface area contributed by atoms with Gasteiger partial charge in [-0.3, -0.25) is 4.79 Å². The Bertz CT molecular complexity index is 626. The van der Waals surface area contributed by atoms with Gasteiger partial charge in [0.2, 0.25) is 0 Å². The van der Waals surface area contributed by atoms with Crippen LogP contribution in [0.2, 0.25) is 0 Å². The standard InChI is InChI=1S/C15H12N2O/c1-11-5-4-7-12(9-11)15(18)17-14-8-3-2-6-13(14)10-16/h2-9H,1H3,(H,17,18). The Morgan fingerprint density at radius 2 is 1.94 bits per heavy atom. The van der Waals surface area contributed by atoms with E-state index in [1.165, 1.54) is 0 Å². The number of nitriles is 1. The predicted molar refractivity (Wildman–Crippen MR) is 70.3 cm³/mol. The molecule has 0 saturated carbocycles. The van der Waals surface area contributed by atoms with Crippen molar-refractivity contribution in [3.05, 3.63) is 65.2 Å². The average Bonchev–Trinajstić information content (AvgIpc) is 2.39. The number of benzene rings is 2. The maximum absolute atomic E-state index is 12.0. The van der Waals surface area contributed by atoms with Gasteiger partial charge in [0, 0.05) is 5.56 Å². The van der Waals surface area contributed by atoms with E-state index in [-0.39, 0.29) is 5.91 Å². The summed E-state index contributed by atoms with van der Waals surface area (Å²) in [6, 6.07) is 16.3. The Balaban J connectivity index is 2.25. The van der Waals surface area contributed by atoms with Crippen molar-refractivity contribution < 1.29 is 4.79 Å². The fourth-order valence-electron chi connectivity index (χ4n) is 1.67. The largest absolute Gasteiger partial charge is 0.321 e. The normalized spacial score (nSPS) is 9.56. The molecule has 0 spiro atoms. The van der Waals surface area contributed by atoms with Crippen molar-refractivity contribution in [2.75, 3.05) is 5.32 Å². The smallest absolute Gasteiger partial charge is 0.255 e. The van der Waals surface area contributed by atoms with E-state index in [0.717, 1.165) is 5.56 Å². The van der Waals surface area contributed by atoms with Gasteiger partial charge in [0.15, 0.2) is 0 Å². The van der Waals surface area contributed by atoms with Crippen LogP contribution in [0.5, 0.6) is 0 Å². The number of amides is 1. The molecule has 0 unspecified atom stereocenters. The second-order valence-electron chi connectivity index (χ2n) is 3.98. The molecule has 0 aromatic heterocycles. The van der Waals surface area contributed by atoms with E-state index in [1.54, 1.807) is 30.3 Å². The molecule has 2 aromatic rings. The van der Waals surface area contributed by atoms with Gasteiger partial charge in [-0.1, -0.05) is 29.8 Å². The average molecular weight is 236 g/mol. The van der Waals surface area contributed by atoms with Crippen molar-refractivity contribution >= 4 is 11.6 Å². The minimum atomic E-state index is -0.207. The number of nitrogens with zero attached hydrogens (tertiary/aromatic N) is 1. The highest BCUT2D eigenvalue weighted by atomic mass is 16.1. The van der Waals surface area contributed by atoms with Crippen LogP contribution >= 0.6 is 0 Å². The first-order chi connectivity index (χ1) is 8.70. The molecule has 0 atom stereocenters. The Labute approximate surface area is 106 Å². The van der Waals surface area contributed by atoms with Gasteiger partial charge in [0.25, 0.3) is 5.91 Å². The third kappa shape index (κ3) is 2.55. The molecule has 2 aromatic carbocycles. The fourth-order valence-corrected chi connectivity index (χ4v) is 1.67. The molecule has 1 amide bonds. The van der Waals surface area contributed by atoms with Gasteiger partial charge in [-0.2, -0.15) is 5.26 Å². The zero-order chi connectivity index (χ0) is 13.0. The van der Waals surface area contributed by atoms with E-state index >= 15 is 0 Å². The van der Waals surface area contributed by atoms with E-state index in [4.69, 9.17) is 5.26 Å². The van der Waals surface area contributed by atoms with Crippen LogP contribution in [0.1, 0.15) is 21.5 Å². The molecule has 2 rings (SSSR count). The second kappa shape index (κ2) is 5.15. The van der Waals surface area contributed by atoms with Crippen LogP contribution in [0.25, 0.3) is 0 Å². The molecular formula is C15H12N2O. The first-order valence-electron chi connectivity index (χ1n) is 5.58. The van der Waals surface area contributed by atoms with E-state index < -0.39 is 0 Å². The lowest BCUT2D eigenvalue weighted by molar-refractivity contribution is 0.102. The first kappa shape index (κ1) is 11.9. The SMILES string of the molecule is Cc1cccc(C(=O)Nc2ccccc2C#N)c1. The number of nitrogens with one attached hydrogen (secondary N) is 1. The van der Waals surface area contributed by atoms with Crippen molar-refractivity contribution in [1.29, 1.82) is 5.26 Å². The molecule has 0 saturated heterocycles. The van der Waals surface area contributed by atoms with Crippen molar-refractivity contribution in [2.24, 2.45) is 0 Å². The first-order valence-corrected chi connectivity index (χ1v) is 5.58. The Morgan fingerprint density at radius 1 is 1.17 bits per heavy atom. The van der Waals surface area contributed by atoms with E-state index in [2.05, 4.69) is 5.32 Å². The Hall–Kier alpha value is -2.60. The van der Waals surface area contributed by atoms with Gasteiger partial charge in [-0.05, 0) is 31.2 Å². The summed E-state index contributed by atoms with van der Waals surface area (Å²) in [5.41, 5.74) is 2.60. The highest BCUT2D eigenvalue weighted by Crippen LogP contribution is 2.15. The summed E-state index contributed by atoms with van der Waals surface area (Å²) in [4.78, 5) is 12.0. The number of hydrogen-bond donors (Lipinski definition) is 1. The number of carbonyl (C=O) groups excluding carboxylic acids is 1. The second-order valence-corrected chi connectivity index (χ2v) is 3.98. The third-order valence-corrected chi connectivity index (χ3v) is 2.58. The summed E-state index contributed by atoms with van der Waals surface area (Å²) in [6.07, 6.45) is 0. The minimum Gasteiger partial charge on any atom is -0.321 e. The summed E-state index contributed by atoms with van der Waals surface area (Å²) < 4.78 is 0. The third-order valence-electron chi connectivity index (χ3n) is 2.58. The molecule has 0 aliphatic rings. The number of para-hydroxylation sites is 1. The van der Waals surface area contributed by atoms with Crippen molar-refractivity contribution in [2.45, 2.75) is 6.92 Å². The van der Waals surface area contributed by atoms with E-state index in [1.807, 2.05) is 31.2 Å². The predicted octanol–water partition coefficient (Wildman–Crippen LogP) is 3.12. The van der Waals surface area contributed by atoms with Crippen molar-refractivity contribution in [3.8, 4) is 6.07 Å². The molecule has 0 aliphatic heterocycles. The van der Waals surface area contributed by atoms with Gasteiger partial charge in [-0.15, -0.1) is 0 Å². The molecule has 3 heteroatoms. The topological polar surface area (TPSA) is 52.9 Å². The molecule has 0 bridgehead atoms. The number of carbonyl (C=O) groups is 1. The number of aryl methyl sites for hydroxylation is 1. The number of rotatable bonds is 2. The quantitative estimate of drug-likeness (QED) is 0.870. The summed E-state index contributed by atoms with van der Waals surface area (Å²) >= 11 is 0. The molecule has 0 fully saturated rings. The van der Waals surface area contributed by atoms with Crippen molar-refractivity contribution in [1.82, 2.24) is 0 Å². The monoisotopic (exact) mass is 236 g/mol. The number of hydrogen-bond acceptors (Lipinski definition) is 2. The highest BCUT2D eigenvalue weighted by molar-refractivity contribution is 6.05. The zero-order valence-corrected chi connectivity index (χ0v) is 9.97. The van der Waals surface area contributed by atoms with Crippen LogP contribution in [-0.4, -0.2) is 5.91 Å². The maximum Gasteiger partial charge on any atom is 0.255 e. The molecule has 3 nitrogen and oxygen atoms in total. The minimum absolute atomic E-state index is 0.207. The fraction of sp³-hybridized carbons (Fsp3) is 0.0667. The molecule has 0 aliphatic carbocycles. The van der Waals surface area contributed by atoms with Gasteiger partial charge in [-0.25, -0.2) is 0 Å². The molecule has 1 N–H and O–H groups in total. The lowest BCUT2D eigenvalue weighted by Crippen LogP contribution is -2.12. The summed E-state index contributed by atoms with van der Waals surface area (Å²) in [6.45, 7) is 1.93. The van der Waals surface area contributed by atoms with Crippen LogP contribution < -0.4 is 5.32 Å². The summed E-state index contributed by atoms with van der Waals surface area (Å²) in [7, 11) is 0. The van der Waals surface area contributed by atoms with Crippen LogP contribution in [0.15, 0.2) is 48.5 Å². The van der Waals surface area contributed by atoms with Crippen LogP contribution in [0, 0.1) is 18.3 Å². The summed E-state index contributed by atoms with van der Waals surface area (Å²) in [5.74, 6) is -0.207. The Kier molecular flexibility index (Phi) is 3.40. The Morgan fingerprint density at radius 3 is 2.67 bits per heavy atom. The van der Waals surface area contributed by atoms with Gasteiger partial charge in [0.05, 0.1) is 11.3 Å². The van der Waals surface area contributed by atoms with Crippen LogP contribution in [0.4, 0.5) is 5.69 Å². The molecule has 88 valence electrons. The van der Waals surface area contributed by atoms with Crippen molar-refractivity contribution in [3.63, 3.8) is 0 Å². The molecule has 0 heterocycles. The maximum atomic E-state index is 12.0. The lowest BCUT2D eigenvalue weighted by atomic mass is 10.1. The van der Waals surface area contributed by atoms with Gasteiger partial charge >= 0.3 is 0 Å². The highest BCUT2D eigenvalue weighted by Gasteiger charge is 2.08. The lowest BCUT2D eigenvalue weighted by Gasteiger charge is -2.07. The van der Waals surface area contributed by atoms with E-state index in [0.29, 0.717) is 16.8 Å². The van der Waals surface area contributed by atoms with Gasteiger partial charge < -0.3 is 5.32 Å². The van der Waals surface area contributed by atoms with E-state index in [9.17, 15) is 4.79 Å². The molecule has 0 radical (unpaired) electrons. The van der Waals surface area contributed by atoms with Crippen LogP contribution in [0.3, 0.4) is 0 Å². The number of anilines is 1. The molecular weight excluding hydrogens is 224 g/mol.